The van der Waals surface area contributed by atoms with Crippen LogP contribution in [0.2, 0.25) is 0 Å². The van der Waals surface area contributed by atoms with E-state index in [2.05, 4.69) is 61.1 Å². The Balaban J connectivity index is 1.27. The number of anilines is 1. The van der Waals surface area contributed by atoms with E-state index < -0.39 is 8.75 Å². The fourth-order valence-electron chi connectivity index (χ4n) is 4.56. The predicted octanol–water partition coefficient (Wildman–Crippen LogP) is 4.51. The largest absolute Gasteiger partial charge is 0.493 e. The van der Waals surface area contributed by atoms with Crippen molar-refractivity contribution in [3.05, 3.63) is 66.1 Å². The summed E-state index contributed by atoms with van der Waals surface area (Å²) in [5.74, 6) is 9.76. The van der Waals surface area contributed by atoms with Crippen LogP contribution in [0.1, 0.15) is 17.5 Å². The molecule has 3 heterocycles. The second-order valence-corrected chi connectivity index (χ2v) is 17.5. The monoisotopic (exact) mass is 588 g/mol. The van der Waals surface area contributed by atoms with E-state index in [4.69, 9.17) is 14.2 Å². The summed E-state index contributed by atoms with van der Waals surface area (Å²) in [7, 11) is -0.276. The standard InChI is InChI=1S/C32H40N6O3S/c1-39-29-11-10-26(21-30(29)41-16-7-13-37-14-17-40-18-15-37)22-33-31-28-23-36-38(32(28)35-24-34-31)27-9-6-8-25(20-27)12-19-42(2,3,4)5/h6,8-11,20-21,23-24H,2,7,13-18,22H2,1,3-5H3,(H,33,34,35). The van der Waals surface area contributed by atoms with Gasteiger partial charge in [-0.15, -0.1) is 0 Å². The lowest BCUT2D eigenvalue weighted by molar-refractivity contribution is 0.0357. The third-order valence-corrected chi connectivity index (χ3v) is 7.56. The molecule has 1 aliphatic rings. The summed E-state index contributed by atoms with van der Waals surface area (Å²) in [5, 5.41) is 12.3. The number of ether oxygens (including phenoxy) is 3. The molecule has 0 spiro atoms. The quantitative estimate of drug-likeness (QED) is 0.165. The molecule has 9 nitrogen and oxygen atoms in total. The number of rotatable bonds is 10. The maximum absolute atomic E-state index is 6.12. The van der Waals surface area contributed by atoms with E-state index in [1.807, 2.05) is 47.1 Å². The van der Waals surface area contributed by atoms with Gasteiger partial charge in [-0.2, -0.15) is 5.10 Å². The Labute approximate surface area is 248 Å². The molecular formula is C32H40N6O3S. The van der Waals surface area contributed by atoms with Crippen LogP contribution in [0.3, 0.4) is 0 Å². The zero-order valence-corrected chi connectivity index (χ0v) is 25.7. The van der Waals surface area contributed by atoms with E-state index in [0.29, 0.717) is 24.6 Å². The molecule has 0 saturated carbocycles. The van der Waals surface area contributed by atoms with E-state index in [9.17, 15) is 0 Å². The second kappa shape index (κ2) is 12.5. The number of nitrogens with one attached hydrogen (secondary N) is 1. The van der Waals surface area contributed by atoms with Gasteiger partial charge in [0.25, 0.3) is 0 Å². The first-order valence-corrected chi connectivity index (χ1v) is 17.5. The van der Waals surface area contributed by atoms with Gasteiger partial charge in [0.05, 0.1) is 44.2 Å². The Morgan fingerprint density at radius 2 is 1.90 bits per heavy atom. The molecule has 0 radical (unpaired) electrons. The Morgan fingerprint density at radius 3 is 2.69 bits per heavy atom. The summed E-state index contributed by atoms with van der Waals surface area (Å²) in [6, 6.07) is 14.0. The minimum absolute atomic E-state index is 0.554. The van der Waals surface area contributed by atoms with Crippen molar-refractivity contribution < 1.29 is 14.2 Å². The molecule has 1 saturated heterocycles. The summed E-state index contributed by atoms with van der Waals surface area (Å²) in [4.78, 5) is 11.4. The molecule has 2 aromatic heterocycles. The van der Waals surface area contributed by atoms with Gasteiger partial charge in [0.2, 0.25) is 0 Å². The van der Waals surface area contributed by atoms with Crippen LogP contribution in [-0.2, 0) is 11.3 Å². The number of aromatic nitrogens is 4. The molecule has 0 bridgehead atoms. The summed E-state index contributed by atoms with van der Waals surface area (Å²) >= 11 is 0. The van der Waals surface area contributed by atoms with Crippen LogP contribution in [0, 0.1) is 11.2 Å². The van der Waals surface area contributed by atoms with E-state index in [0.717, 1.165) is 73.0 Å². The molecule has 4 aromatic rings. The van der Waals surface area contributed by atoms with Crippen LogP contribution in [0.5, 0.6) is 11.5 Å². The molecule has 222 valence electrons. The number of benzene rings is 2. The summed E-state index contributed by atoms with van der Waals surface area (Å²) in [5.41, 5.74) is 3.57. The van der Waals surface area contributed by atoms with Gasteiger partial charge in [0.15, 0.2) is 17.1 Å². The molecule has 1 fully saturated rings. The first-order chi connectivity index (χ1) is 20.1. The highest BCUT2D eigenvalue weighted by atomic mass is 32.3. The fraction of sp³-hybridized carbons (Fsp3) is 0.375. The molecule has 1 aliphatic heterocycles. The Hall–Kier alpha value is -3.91. The van der Waals surface area contributed by atoms with Gasteiger partial charge in [-0.05, 0) is 61.1 Å². The van der Waals surface area contributed by atoms with Crippen LogP contribution >= 0.6 is 8.75 Å². The van der Waals surface area contributed by atoms with Crippen molar-refractivity contribution in [2.24, 2.45) is 0 Å². The van der Waals surface area contributed by atoms with Crippen LogP contribution in [-0.4, -0.2) is 95.9 Å². The van der Waals surface area contributed by atoms with Crippen LogP contribution in [0.4, 0.5) is 5.82 Å². The van der Waals surface area contributed by atoms with Gasteiger partial charge in [0.1, 0.15) is 12.1 Å². The topological polar surface area (TPSA) is 86.6 Å². The molecular weight excluding hydrogens is 548 g/mol. The molecule has 2 aromatic carbocycles. The first kappa shape index (κ1) is 29.6. The van der Waals surface area contributed by atoms with E-state index in [-0.39, 0.29) is 0 Å². The molecule has 1 N–H and O–H groups in total. The van der Waals surface area contributed by atoms with Gasteiger partial charge in [-0.3, -0.25) is 4.90 Å². The van der Waals surface area contributed by atoms with Crippen molar-refractivity contribution >= 4 is 31.5 Å². The zero-order valence-electron chi connectivity index (χ0n) is 24.9. The van der Waals surface area contributed by atoms with Gasteiger partial charge < -0.3 is 19.5 Å². The van der Waals surface area contributed by atoms with Crippen molar-refractivity contribution in [2.75, 3.05) is 70.6 Å². The summed E-state index contributed by atoms with van der Waals surface area (Å²) in [6.07, 6.45) is 10.6. The first-order valence-electron chi connectivity index (χ1n) is 14.0. The lowest BCUT2D eigenvalue weighted by Crippen LogP contribution is -2.37. The highest BCUT2D eigenvalue weighted by Crippen LogP contribution is 2.43. The van der Waals surface area contributed by atoms with Crippen LogP contribution in [0.15, 0.2) is 55.0 Å². The Bertz CT molecular complexity index is 1670. The van der Waals surface area contributed by atoms with E-state index >= 15 is 0 Å². The van der Waals surface area contributed by atoms with Crippen LogP contribution < -0.4 is 14.8 Å². The molecule has 0 unspecified atom stereocenters. The van der Waals surface area contributed by atoms with E-state index in [1.54, 1.807) is 19.6 Å². The maximum atomic E-state index is 6.12. The minimum atomic E-state index is -1.94. The second-order valence-electron chi connectivity index (χ2n) is 11.6. The zero-order chi connectivity index (χ0) is 29.6. The Morgan fingerprint density at radius 1 is 1.07 bits per heavy atom. The molecule has 0 atom stereocenters. The van der Waals surface area contributed by atoms with Gasteiger partial charge in [-0.25, -0.2) is 23.4 Å². The highest BCUT2D eigenvalue weighted by Gasteiger charge is 2.14. The summed E-state index contributed by atoms with van der Waals surface area (Å²) < 4.78 is 18.9. The number of hydrogen-bond donors (Lipinski definition) is 1. The maximum Gasteiger partial charge on any atom is 0.168 e. The van der Waals surface area contributed by atoms with Crippen molar-refractivity contribution in [3.8, 4) is 28.4 Å². The number of fused-ring (bicyclic) bond motifs is 1. The molecule has 0 amide bonds. The average Bonchev–Trinajstić information content (AvgIpc) is 3.42. The minimum Gasteiger partial charge on any atom is -0.493 e. The lowest BCUT2D eigenvalue weighted by atomic mass is 10.2. The molecule has 5 rings (SSSR count). The normalized spacial score (nSPS) is 14.9. The van der Waals surface area contributed by atoms with Gasteiger partial charge in [-0.1, -0.05) is 29.2 Å². The molecule has 10 heteroatoms. The van der Waals surface area contributed by atoms with Crippen molar-refractivity contribution in [3.63, 3.8) is 0 Å². The van der Waals surface area contributed by atoms with Crippen LogP contribution in [0.25, 0.3) is 16.7 Å². The number of hydrogen-bond acceptors (Lipinski definition) is 8. The smallest absolute Gasteiger partial charge is 0.168 e. The van der Waals surface area contributed by atoms with E-state index in [1.165, 1.54) is 0 Å². The highest BCUT2D eigenvalue weighted by molar-refractivity contribution is 8.48. The number of methoxy groups -OCH3 is 1. The number of morpholine rings is 1. The third-order valence-electron chi connectivity index (χ3n) is 6.70. The Kier molecular flexibility index (Phi) is 8.82. The van der Waals surface area contributed by atoms with Crippen molar-refractivity contribution in [2.45, 2.75) is 13.0 Å². The fourth-order valence-corrected chi connectivity index (χ4v) is 5.06. The van der Waals surface area contributed by atoms with Crippen molar-refractivity contribution in [1.29, 1.82) is 0 Å². The van der Waals surface area contributed by atoms with Gasteiger partial charge in [0, 0.05) is 31.7 Å². The summed E-state index contributed by atoms with van der Waals surface area (Å²) in [6.45, 7) is 5.75. The third kappa shape index (κ3) is 7.88. The van der Waals surface area contributed by atoms with Crippen molar-refractivity contribution in [1.82, 2.24) is 24.6 Å². The SMILES string of the molecule is C=S(C)(C)(C)C#Cc1cccc(-n2ncc3c(NCc4ccc(OC)c(OCCCN5CCOCC5)c4)ncnc32)c1. The molecule has 0 aliphatic carbocycles. The predicted molar refractivity (Wildman–Crippen MR) is 174 cm³/mol. The lowest BCUT2D eigenvalue weighted by Gasteiger charge is -2.27. The number of nitrogens with zero attached hydrogens (tertiary/aromatic N) is 5. The van der Waals surface area contributed by atoms with Gasteiger partial charge >= 0.3 is 0 Å². The molecule has 42 heavy (non-hydrogen) atoms. The average molecular weight is 589 g/mol.